The molecule has 0 aromatic heterocycles. The van der Waals surface area contributed by atoms with Gasteiger partial charge >= 0.3 is 0 Å². The van der Waals surface area contributed by atoms with Gasteiger partial charge in [-0.25, -0.2) is 4.39 Å². The van der Waals surface area contributed by atoms with Crippen molar-refractivity contribution < 1.29 is 4.39 Å². The minimum atomic E-state index is -0.109. The molecule has 0 radical (unpaired) electrons. The zero-order valence-corrected chi connectivity index (χ0v) is 13.8. The lowest BCUT2D eigenvalue weighted by atomic mass is 9.74. The minimum Gasteiger partial charge on any atom is -0.310 e. The fourth-order valence-electron chi connectivity index (χ4n) is 3.78. The summed E-state index contributed by atoms with van der Waals surface area (Å²) in [6.07, 6.45) is 7.65. The first-order valence-electron chi connectivity index (χ1n) is 8.65. The number of nitrogens with one attached hydrogen (secondary N) is 1. The van der Waals surface area contributed by atoms with Crippen LogP contribution in [0.15, 0.2) is 18.2 Å². The zero-order valence-electron chi connectivity index (χ0n) is 13.8. The van der Waals surface area contributed by atoms with E-state index < -0.39 is 0 Å². The molecule has 0 saturated heterocycles. The van der Waals surface area contributed by atoms with Crippen molar-refractivity contribution in [2.75, 3.05) is 6.54 Å². The molecule has 0 amide bonds. The fraction of sp³-hybridized carbons (Fsp3) is 0.684. The fourth-order valence-corrected chi connectivity index (χ4v) is 3.78. The topological polar surface area (TPSA) is 12.0 Å². The molecule has 1 aromatic rings. The van der Waals surface area contributed by atoms with Gasteiger partial charge in [0.1, 0.15) is 5.82 Å². The van der Waals surface area contributed by atoms with Gasteiger partial charge in [0.05, 0.1) is 0 Å². The Kier molecular flexibility index (Phi) is 6.22. The summed E-state index contributed by atoms with van der Waals surface area (Å²) in [5, 5.41) is 3.70. The van der Waals surface area contributed by atoms with Crippen LogP contribution in [0.3, 0.4) is 0 Å². The van der Waals surface area contributed by atoms with Crippen molar-refractivity contribution in [1.29, 1.82) is 0 Å². The van der Waals surface area contributed by atoms with Crippen LogP contribution in [0.1, 0.15) is 69.5 Å². The van der Waals surface area contributed by atoms with Gasteiger partial charge in [-0.2, -0.15) is 0 Å². The molecule has 1 aliphatic carbocycles. The van der Waals surface area contributed by atoms with Gasteiger partial charge in [-0.05, 0) is 67.8 Å². The first-order chi connectivity index (χ1) is 10.2. The van der Waals surface area contributed by atoms with E-state index in [-0.39, 0.29) is 5.82 Å². The van der Waals surface area contributed by atoms with E-state index in [1.807, 2.05) is 6.07 Å². The summed E-state index contributed by atoms with van der Waals surface area (Å²) in [6, 6.07) is 5.56. The van der Waals surface area contributed by atoms with Crippen molar-refractivity contribution in [1.82, 2.24) is 5.32 Å². The average molecular weight is 291 g/mol. The molecule has 1 aromatic carbocycles. The monoisotopic (exact) mass is 291 g/mol. The van der Waals surface area contributed by atoms with Gasteiger partial charge < -0.3 is 5.32 Å². The van der Waals surface area contributed by atoms with E-state index in [0.717, 1.165) is 18.9 Å². The molecule has 3 unspecified atom stereocenters. The molecule has 2 rings (SSSR count). The number of benzene rings is 1. The Hall–Kier alpha value is -0.890. The SMILES string of the molecule is CCCNC(c1cc(F)ccc1C)C1CCCC(CC)C1. The second kappa shape index (κ2) is 7.93. The first-order valence-corrected chi connectivity index (χ1v) is 8.65. The van der Waals surface area contributed by atoms with Gasteiger partial charge in [0.2, 0.25) is 0 Å². The highest BCUT2D eigenvalue weighted by atomic mass is 19.1. The standard InChI is InChI=1S/C19H30FN/c1-4-11-21-19(16-8-6-7-15(5-2)12-16)18-13-17(20)10-9-14(18)3/h9-10,13,15-16,19,21H,4-8,11-12H2,1-3H3. The Bertz CT molecular complexity index is 443. The molecule has 1 saturated carbocycles. The Balaban J connectivity index is 2.22. The highest BCUT2D eigenvalue weighted by Gasteiger charge is 2.29. The third-order valence-corrected chi connectivity index (χ3v) is 5.06. The Morgan fingerprint density at radius 3 is 2.81 bits per heavy atom. The molecular formula is C19H30FN. The Morgan fingerprint density at radius 1 is 1.29 bits per heavy atom. The molecule has 0 spiro atoms. The van der Waals surface area contributed by atoms with E-state index in [4.69, 9.17) is 0 Å². The van der Waals surface area contributed by atoms with Gasteiger partial charge in [-0.15, -0.1) is 0 Å². The van der Waals surface area contributed by atoms with E-state index in [2.05, 4.69) is 26.1 Å². The summed E-state index contributed by atoms with van der Waals surface area (Å²) in [4.78, 5) is 0. The molecule has 2 heteroatoms. The molecule has 1 aliphatic rings. The van der Waals surface area contributed by atoms with Gasteiger partial charge in [0.25, 0.3) is 0 Å². The quantitative estimate of drug-likeness (QED) is 0.741. The van der Waals surface area contributed by atoms with Crippen molar-refractivity contribution in [2.24, 2.45) is 11.8 Å². The van der Waals surface area contributed by atoms with Crippen LogP contribution in [0, 0.1) is 24.6 Å². The number of aryl methyl sites for hydroxylation is 1. The van der Waals surface area contributed by atoms with Crippen LogP contribution in [0.4, 0.5) is 4.39 Å². The maximum Gasteiger partial charge on any atom is 0.123 e. The average Bonchev–Trinajstić information content (AvgIpc) is 2.51. The maximum atomic E-state index is 13.7. The summed E-state index contributed by atoms with van der Waals surface area (Å²) < 4.78 is 13.7. The van der Waals surface area contributed by atoms with Crippen LogP contribution in [0.25, 0.3) is 0 Å². The lowest BCUT2D eigenvalue weighted by Crippen LogP contribution is -2.32. The van der Waals surface area contributed by atoms with Crippen LogP contribution >= 0.6 is 0 Å². The van der Waals surface area contributed by atoms with Crippen molar-refractivity contribution >= 4 is 0 Å². The van der Waals surface area contributed by atoms with Crippen molar-refractivity contribution in [3.05, 3.63) is 35.1 Å². The van der Waals surface area contributed by atoms with Gasteiger partial charge in [0.15, 0.2) is 0 Å². The number of halogens is 1. The van der Waals surface area contributed by atoms with Crippen LogP contribution in [0.2, 0.25) is 0 Å². The second-order valence-corrected chi connectivity index (χ2v) is 6.63. The zero-order chi connectivity index (χ0) is 15.2. The molecule has 21 heavy (non-hydrogen) atoms. The molecule has 1 nitrogen and oxygen atoms in total. The van der Waals surface area contributed by atoms with E-state index in [1.54, 1.807) is 12.1 Å². The summed E-state index contributed by atoms with van der Waals surface area (Å²) >= 11 is 0. The smallest absolute Gasteiger partial charge is 0.123 e. The Morgan fingerprint density at radius 2 is 2.10 bits per heavy atom. The number of rotatable bonds is 6. The molecule has 0 aliphatic heterocycles. The molecule has 1 N–H and O–H groups in total. The molecule has 3 atom stereocenters. The van der Waals surface area contributed by atoms with Crippen LogP contribution < -0.4 is 5.32 Å². The van der Waals surface area contributed by atoms with Crippen molar-refractivity contribution in [2.45, 2.75) is 65.3 Å². The molecule has 0 heterocycles. The summed E-state index contributed by atoms with van der Waals surface area (Å²) in [5.41, 5.74) is 2.38. The van der Waals surface area contributed by atoms with Gasteiger partial charge in [-0.1, -0.05) is 39.2 Å². The molecular weight excluding hydrogens is 261 g/mol. The molecule has 0 bridgehead atoms. The van der Waals surface area contributed by atoms with Crippen LogP contribution in [0.5, 0.6) is 0 Å². The van der Waals surface area contributed by atoms with Gasteiger partial charge in [0, 0.05) is 6.04 Å². The number of hydrogen-bond donors (Lipinski definition) is 1. The number of hydrogen-bond acceptors (Lipinski definition) is 1. The van der Waals surface area contributed by atoms with Crippen LogP contribution in [-0.2, 0) is 0 Å². The normalized spacial score (nSPS) is 24.0. The highest BCUT2D eigenvalue weighted by Crippen LogP contribution is 2.39. The van der Waals surface area contributed by atoms with Gasteiger partial charge in [-0.3, -0.25) is 0 Å². The lowest BCUT2D eigenvalue weighted by Gasteiger charge is -2.36. The highest BCUT2D eigenvalue weighted by molar-refractivity contribution is 5.30. The lowest BCUT2D eigenvalue weighted by molar-refractivity contribution is 0.209. The summed E-state index contributed by atoms with van der Waals surface area (Å²) in [6.45, 7) is 7.61. The van der Waals surface area contributed by atoms with Crippen molar-refractivity contribution in [3.8, 4) is 0 Å². The molecule has 118 valence electrons. The maximum absolute atomic E-state index is 13.7. The molecule has 1 fully saturated rings. The third kappa shape index (κ3) is 4.29. The van der Waals surface area contributed by atoms with E-state index in [1.165, 1.54) is 43.2 Å². The summed E-state index contributed by atoms with van der Waals surface area (Å²) in [5.74, 6) is 1.39. The predicted molar refractivity (Wildman–Crippen MR) is 87.9 cm³/mol. The van der Waals surface area contributed by atoms with E-state index >= 15 is 0 Å². The van der Waals surface area contributed by atoms with Crippen LogP contribution in [-0.4, -0.2) is 6.54 Å². The van der Waals surface area contributed by atoms with E-state index in [9.17, 15) is 4.39 Å². The summed E-state index contributed by atoms with van der Waals surface area (Å²) in [7, 11) is 0. The Labute approximate surface area is 129 Å². The minimum absolute atomic E-state index is 0.109. The first kappa shape index (κ1) is 16.5. The van der Waals surface area contributed by atoms with E-state index in [0.29, 0.717) is 12.0 Å². The van der Waals surface area contributed by atoms with Crippen molar-refractivity contribution in [3.63, 3.8) is 0 Å². The third-order valence-electron chi connectivity index (χ3n) is 5.06. The largest absolute Gasteiger partial charge is 0.310 e. The predicted octanol–water partition coefficient (Wildman–Crippen LogP) is 5.39. The second-order valence-electron chi connectivity index (χ2n) is 6.63.